The van der Waals surface area contributed by atoms with Crippen LogP contribution in [0.4, 0.5) is 4.79 Å². The minimum Gasteiger partial charge on any atom is -0.488 e. The number of hydrogen-bond donors (Lipinski definition) is 1. The number of alkyl carbamates (subject to hydrolysis) is 1. The minimum absolute atomic E-state index is 0.0573. The number of amides is 1. The molecule has 33 heavy (non-hydrogen) atoms. The lowest BCUT2D eigenvalue weighted by Gasteiger charge is -2.23. The third-order valence-corrected chi connectivity index (χ3v) is 6.18. The lowest BCUT2D eigenvalue weighted by Crippen LogP contribution is -2.20. The van der Waals surface area contributed by atoms with Gasteiger partial charge in [0.15, 0.2) is 0 Å². The molecule has 1 amide bonds. The highest BCUT2D eigenvalue weighted by atomic mass is 35.5. The molecule has 1 fully saturated rings. The normalized spacial score (nSPS) is 15.8. The Morgan fingerprint density at radius 3 is 2.52 bits per heavy atom. The van der Waals surface area contributed by atoms with Crippen LogP contribution >= 0.6 is 11.6 Å². The highest BCUT2D eigenvalue weighted by molar-refractivity contribution is 6.31. The summed E-state index contributed by atoms with van der Waals surface area (Å²) in [4.78, 5) is 16.6. The topological polar surface area (TPSA) is 60.5 Å². The van der Waals surface area contributed by atoms with E-state index < -0.39 is 6.09 Å². The van der Waals surface area contributed by atoms with E-state index >= 15 is 0 Å². The molecule has 3 aromatic rings. The van der Waals surface area contributed by atoms with E-state index in [4.69, 9.17) is 26.1 Å². The van der Waals surface area contributed by atoms with E-state index in [1.165, 1.54) is 0 Å². The van der Waals surface area contributed by atoms with E-state index in [1.807, 2.05) is 49.4 Å². The molecular weight excluding hydrogens is 436 g/mol. The number of cyclic esters (lactones) is 1. The molecule has 1 saturated heterocycles. The Balaban J connectivity index is 1.78. The summed E-state index contributed by atoms with van der Waals surface area (Å²) in [5, 5.41) is 3.57. The Labute approximate surface area is 200 Å². The number of carbonyl (C=O) groups is 1. The first-order valence-electron chi connectivity index (χ1n) is 11.1. The summed E-state index contributed by atoms with van der Waals surface area (Å²) in [6.07, 6.45) is -0.433. The van der Waals surface area contributed by atoms with Gasteiger partial charge in [-0.15, -0.1) is 0 Å². The van der Waals surface area contributed by atoms with Crippen molar-refractivity contribution in [3.8, 4) is 17.0 Å². The van der Waals surface area contributed by atoms with E-state index in [9.17, 15) is 4.79 Å². The highest BCUT2D eigenvalue weighted by Gasteiger charge is 2.30. The molecule has 1 atom stereocenters. The number of hydrogen-bond acceptors (Lipinski definition) is 4. The van der Waals surface area contributed by atoms with Crippen LogP contribution in [0.3, 0.4) is 0 Å². The van der Waals surface area contributed by atoms with Crippen LogP contribution in [0.2, 0.25) is 5.02 Å². The molecule has 4 rings (SSSR count). The van der Waals surface area contributed by atoms with Crippen molar-refractivity contribution < 1.29 is 14.3 Å². The van der Waals surface area contributed by atoms with E-state index in [0.717, 1.165) is 44.2 Å². The molecule has 0 radical (unpaired) electrons. The number of benzene rings is 2. The lowest BCUT2D eigenvalue weighted by atomic mass is 9.85. The van der Waals surface area contributed by atoms with Gasteiger partial charge in [0.1, 0.15) is 19.0 Å². The lowest BCUT2D eigenvalue weighted by molar-refractivity contribution is 0.176. The van der Waals surface area contributed by atoms with Crippen molar-refractivity contribution in [1.29, 1.82) is 0 Å². The molecule has 172 valence electrons. The summed E-state index contributed by atoms with van der Waals surface area (Å²) < 4.78 is 11.4. The van der Waals surface area contributed by atoms with Gasteiger partial charge in [-0.2, -0.15) is 0 Å². The van der Waals surface area contributed by atoms with E-state index in [1.54, 1.807) is 0 Å². The third-order valence-electron chi connectivity index (χ3n) is 5.87. The molecule has 0 aliphatic carbocycles. The fraction of sp³-hybridized carbons (Fsp3) is 0.333. The zero-order valence-corrected chi connectivity index (χ0v) is 20.4. The van der Waals surface area contributed by atoms with Crippen molar-refractivity contribution in [2.24, 2.45) is 0 Å². The summed E-state index contributed by atoms with van der Waals surface area (Å²) in [6, 6.07) is 15.7. The van der Waals surface area contributed by atoms with Crippen molar-refractivity contribution in [2.75, 3.05) is 6.61 Å². The SMILES string of the molecule is Cc1cc(C(C)(C)C)c(Cl)cc1-c1cc(OCc2ccccc2)c(C2COC(=O)N2)c(C)n1. The minimum atomic E-state index is -0.433. The first kappa shape index (κ1) is 23.1. The van der Waals surface area contributed by atoms with Gasteiger partial charge in [-0.05, 0) is 42.0 Å². The Morgan fingerprint density at radius 1 is 1.15 bits per heavy atom. The zero-order valence-electron chi connectivity index (χ0n) is 19.7. The van der Waals surface area contributed by atoms with Crippen LogP contribution in [0.1, 0.15) is 54.8 Å². The quantitative estimate of drug-likeness (QED) is 0.457. The number of rotatable bonds is 5. The predicted octanol–water partition coefficient (Wildman–Crippen LogP) is 6.68. The zero-order chi connectivity index (χ0) is 23.8. The van der Waals surface area contributed by atoms with Gasteiger partial charge in [0, 0.05) is 27.9 Å². The Kier molecular flexibility index (Phi) is 6.35. The van der Waals surface area contributed by atoms with Gasteiger partial charge >= 0.3 is 6.09 Å². The van der Waals surface area contributed by atoms with Gasteiger partial charge < -0.3 is 14.8 Å². The van der Waals surface area contributed by atoms with Crippen LogP contribution in [-0.4, -0.2) is 17.7 Å². The molecule has 2 aromatic carbocycles. The third kappa shape index (κ3) is 4.98. The Hall–Kier alpha value is -3.05. The summed E-state index contributed by atoms with van der Waals surface area (Å²) in [6.45, 7) is 11.1. The number of pyridine rings is 1. The van der Waals surface area contributed by atoms with Crippen molar-refractivity contribution in [1.82, 2.24) is 10.3 Å². The molecule has 1 aliphatic heterocycles. The molecule has 0 bridgehead atoms. The molecule has 0 saturated carbocycles. The van der Waals surface area contributed by atoms with Crippen LogP contribution in [0.25, 0.3) is 11.3 Å². The van der Waals surface area contributed by atoms with Crippen molar-refractivity contribution in [3.63, 3.8) is 0 Å². The van der Waals surface area contributed by atoms with Gasteiger partial charge in [0.05, 0.1) is 11.7 Å². The molecule has 1 aliphatic rings. The van der Waals surface area contributed by atoms with Crippen LogP contribution < -0.4 is 10.1 Å². The second-order valence-electron chi connectivity index (χ2n) is 9.47. The molecule has 0 spiro atoms. The Morgan fingerprint density at radius 2 is 1.88 bits per heavy atom. The highest BCUT2D eigenvalue weighted by Crippen LogP contribution is 2.38. The van der Waals surface area contributed by atoms with Gasteiger partial charge in [0.25, 0.3) is 0 Å². The van der Waals surface area contributed by atoms with Crippen LogP contribution in [0, 0.1) is 13.8 Å². The summed E-state index contributed by atoms with van der Waals surface area (Å²) in [5.41, 5.74) is 6.54. The second kappa shape index (κ2) is 9.06. The van der Waals surface area contributed by atoms with E-state index in [2.05, 4.69) is 39.1 Å². The van der Waals surface area contributed by atoms with Crippen molar-refractivity contribution in [2.45, 2.75) is 52.7 Å². The maximum Gasteiger partial charge on any atom is 0.407 e. The number of halogens is 1. The van der Waals surface area contributed by atoms with Crippen LogP contribution in [-0.2, 0) is 16.8 Å². The predicted molar refractivity (Wildman–Crippen MR) is 131 cm³/mol. The fourth-order valence-corrected chi connectivity index (χ4v) is 4.59. The first-order valence-corrected chi connectivity index (χ1v) is 11.4. The van der Waals surface area contributed by atoms with E-state index in [-0.39, 0.29) is 18.1 Å². The van der Waals surface area contributed by atoms with Crippen molar-refractivity contribution in [3.05, 3.63) is 81.5 Å². The van der Waals surface area contributed by atoms with E-state index in [0.29, 0.717) is 12.4 Å². The number of aryl methyl sites for hydroxylation is 2. The first-order chi connectivity index (χ1) is 15.6. The number of nitrogens with one attached hydrogen (secondary N) is 1. The largest absolute Gasteiger partial charge is 0.488 e. The number of aromatic nitrogens is 1. The molecular formula is C27H29ClN2O3. The molecule has 1 aromatic heterocycles. The molecule has 2 heterocycles. The van der Waals surface area contributed by atoms with Crippen LogP contribution in [0.5, 0.6) is 5.75 Å². The summed E-state index contributed by atoms with van der Waals surface area (Å²) in [7, 11) is 0. The maximum atomic E-state index is 11.7. The molecule has 6 heteroatoms. The number of carbonyl (C=O) groups excluding carboxylic acids is 1. The molecule has 1 N–H and O–H groups in total. The van der Waals surface area contributed by atoms with Gasteiger partial charge in [-0.1, -0.05) is 68.8 Å². The Bertz CT molecular complexity index is 1190. The summed E-state index contributed by atoms with van der Waals surface area (Å²) >= 11 is 6.68. The monoisotopic (exact) mass is 464 g/mol. The second-order valence-corrected chi connectivity index (χ2v) is 9.88. The van der Waals surface area contributed by atoms with Gasteiger partial charge in [0.2, 0.25) is 0 Å². The van der Waals surface area contributed by atoms with Gasteiger partial charge in [-0.25, -0.2) is 4.79 Å². The molecule has 1 unspecified atom stereocenters. The maximum absolute atomic E-state index is 11.7. The van der Waals surface area contributed by atoms with Gasteiger partial charge in [-0.3, -0.25) is 4.98 Å². The number of ether oxygens (including phenoxy) is 2. The average molecular weight is 465 g/mol. The molecule has 5 nitrogen and oxygen atoms in total. The fourth-order valence-electron chi connectivity index (χ4n) is 4.14. The summed E-state index contributed by atoms with van der Waals surface area (Å²) in [5.74, 6) is 0.674. The average Bonchev–Trinajstić information content (AvgIpc) is 3.18. The smallest absolute Gasteiger partial charge is 0.407 e. The standard InChI is InChI=1S/C27H29ClN2O3/c1-16-11-20(27(3,4)5)21(28)12-19(16)22-13-24(32-14-18-9-7-6-8-10-18)25(17(2)29-22)23-15-33-26(31)30-23/h6-13,23H,14-15H2,1-5H3,(H,30,31). The van der Waals surface area contributed by atoms with Crippen LogP contribution in [0.15, 0.2) is 48.5 Å². The number of nitrogens with zero attached hydrogens (tertiary/aromatic N) is 1. The van der Waals surface area contributed by atoms with Crippen molar-refractivity contribution >= 4 is 17.7 Å².